The van der Waals surface area contributed by atoms with Gasteiger partial charge in [-0.1, -0.05) is 0 Å². The van der Waals surface area contributed by atoms with E-state index in [1.54, 1.807) is 4.90 Å². The lowest BCUT2D eigenvalue weighted by Crippen LogP contribution is -2.49. The van der Waals surface area contributed by atoms with E-state index in [-0.39, 0.29) is 24.9 Å². The number of hydrogen-bond donors (Lipinski definition) is 0. The molecule has 0 saturated carbocycles. The molecule has 0 aromatic heterocycles. The van der Waals surface area contributed by atoms with Gasteiger partial charge in [0.2, 0.25) is 11.8 Å². The highest BCUT2D eigenvalue weighted by atomic mass is 16.2. The number of nitrogens with zero attached hydrogens (tertiary/aromatic N) is 5. The van der Waals surface area contributed by atoms with Gasteiger partial charge in [0.1, 0.15) is 0 Å². The molecule has 2 heterocycles. The lowest BCUT2D eigenvalue weighted by Gasteiger charge is -2.38. The molecule has 2 amide bonds. The number of piperidine rings is 2. The summed E-state index contributed by atoms with van der Waals surface area (Å²) in [6.07, 6.45) is 4.04. The summed E-state index contributed by atoms with van der Waals surface area (Å²) in [7, 11) is 12.3. The average Bonchev–Trinajstić information content (AvgIpc) is 2.61. The highest BCUT2D eigenvalue weighted by Gasteiger charge is 2.26. The Morgan fingerprint density at radius 3 is 1.35 bits per heavy atom. The number of likely N-dealkylation sites (tertiary alicyclic amines) is 2. The predicted octanol–water partition coefficient (Wildman–Crippen LogP) is 0.185. The summed E-state index contributed by atoms with van der Waals surface area (Å²) in [5.74, 6) is 0.160. The molecule has 2 rings (SSSR count). The van der Waals surface area contributed by atoms with Gasteiger partial charge in [0.15, 0.2) is 0 Å². The van der Waals surface area contributed by atoms with Crippen LogP contribution in [0.25, 0.3) is 0 Å². The van der Waals surface area contributed by atoms with Crippen LogP contribution in [0.5, 0.6) is 0 Å². The summed E-state index contributed by atoms with van der Waals surface area (Å²) in [6.45, 7) is 3.60. The molecule has 0 unspecified atom stereocenters. The maximum atomic E-state index is 12.5. The van der Waals surface area contributed by atoms with E-state index in [1.165, 1.54) is 0 Å². The highest BCUT2D eigenvalue weighted by Crippen LogP contribution is 2.16. The van der Waals surface area contributed by atoms with Crippen molar-refractivity contribution in [1.82, 2.24) is 24.5 Å². The van der Waals surface area contributed by atoms with Crippen LogP contribution in [0.3, 0.4) is 0 Å². The fourth-order valence-corrected chi connectivity index (χ4v) is 3.90. The molecule has 150 valence electrons. The van der Waals surface area contributed by atoms with Crippen molar-refractivity contribution in [3.63, 3.8) is 0 Å². The van der Waals surface area contributed by atoms with E-state index in [4.69, 9.17) is 0 Å². The molecule has 0 bridgehead atoms. The SMILES string of the molecule is [CH2-]N(CC(=O)N1CCC(N(C)C)CC1)CC(=O)N1CCC(N(C)C)CC1. The molecule has 0 atom stereocenters. The molecule has 0 spiro atoms. The van der Waals surface area contributed by atoms with E-state index in [2.05, 4.69) is 45.0 Å². The van der Waals surface area contributed by atoms with Crippen LogP contribution >= 0.6 is 0 Å². The minimum atomic E-state index is 0.0799. The van der Waals surface area contributed by atoms with Crippen molar-refractivity contribution >= 4 is 11.8 Å². The monoisotopic (exact) mass is 366 g/mol. The first-order valence-corrected chi connectivity index (χ1v) is 9.71. The summed E-state index contributed by atoms with van der Waals surface area (Å²) in [6, 6.07) is 1.11. The Labute approximate surface area is 158 Å². The molecule has 7 nitrogen and oxygen atoms in total. The maximum Gasteiger partial charge on any atom is 0.234 e. The van der Waals surface area contributed by atoms with E-state index in [0.717, 1.165) is 51.9 Å². The van der Waals surface area contributed by atoms with Crippen molar-refractivity contribution < 1.29 is 9.59 Å². The Morgan fingerprint density at radius 2 is 1.08 bits per heavy atom. The zero-order chi connectivity index (χ0) is 19.3. The fraction of sp³-hybridized carbons (Fsp3) is 0.842. The Hall–Kier alpha value is -1.18. The topological polar surface area (TPSA) is 50.3 Å². The molecule has 26 heavy (non-hydrogen) atoms. The van der Waals surface area contributed by atoms with Gasteiger partial charge in [-0.2, -0.15) is 0 Å². The van der Waals surface area contributed by atoms with Crippen molar-refractivity contribution in [1.29, 1.82) is 0 Å². The molecule has 0 radical (unpaired) electrons. The van der Waals surface area contributed by atoms with Gasteiger partial charge in [0, 0.05) is 38.3 Å². The van der Waals surface area contributed by atoms with E-state index >= 15 is 0 Å². The Balaban J connectivity index is 1.70. The zero-order valence-corrected chi connectivity index (χ0v) is 17.0. The molecular formula is C19H36N5O2-. The second kappa shape index (κ2) is 9.67. The van der Waals surface area contributed by atoms with Gasteiger partial charge in [-0.15, -0.1) is 0 Å². The second-order valence-electron chi connectivity index (χ2n) is 8.14. The highest BCUT2D eigenvalue weighted by molar-refractivity contribution is 5.81. The van der Waals surface area contributed by atoms with Crippen molar-refractivity contribution in [3.8, 4) is 0 Å². The molecule has 0 aliphatic carbocycles. The lowest BCUT2D eigenvalue weighted by molar-refractivity contribution is -0.136. The van der Waals surface area contributed by atoms with Gasteiger partial charge in [-0.25, -0.2) is 0 Å². The Morgan fingerprint density at radius 1 is 0.769 bits per heavy atom. The molecule has 0 aromatic rings. The Kier molecular flexibility index (Phi) is 7.85. The van der Waals surface area contributed by atoms with Crippen LogP contribution in [0.4, 0.5) is 0 Å². The van der Waals surface area contributed by atoms with E-state index in [0.29, 0.717) is 12.1 Å². The number of hydrogen-bond acceptors (Lipinski definition) is 5. The molecular weight excluding hydrogens is 330 g/mol. The smallest absolute Gasteiger partial charge is 0.234 e. The first-order valence-electron chi connectivity index (χ1n) is 9.71. The largest absolute Gasteiger partial charge is 0.444 e. The Bertz CT molecular complexity index is 425. The van der Waals surface area contributed by atoms with Crippen LogP contribution in [-0.4, -0.2) is 116 Å². The maximum absolute atomic E-state index is 12.5. The van der Waals surface area contributed by atoms with E-state index in [9.17, 15) is 9.59 Å². The molecule has 7 heteroatoms. The second-order valence-corrected chi connectivity index (χ2v) is 8.14. The average molecular weight is 367 g/mol. The van der Waals surface area contributed by atoms with E-state index in [1.807, 2.05) is 9.80 Å². The molecule has 2 aliphatic heterocycles. The third-order valence-corrected chi connectivity index (χ3v) is 5.81. The van der Waals surface area contributed by atoms with Crippen molar-refractivity contribution in [3.05, 3.63) is 7.05 Å². The minimum Gasteiger partial charge on any atom is -0.444 e. The van der Waals surface area contributed by atoms with Gasteiger partial charge < -0.3 is 24.5 Å². The first kappa shape index (κ1) is 21.1. The lowest BCUT2D eigenvalue weighted by atomic mass is 10.0. The molecule has 0 aromatic carbocycles. The molecule has 2 aliphatic rings. The minimum absolute atomic E-state index is 0.0799. The number of rotatable bonds is 6. The quantitative estimate of drug-likeness (QED) is 0.628. The summed E-state index contributed by atoms with van der Waals surface area (Å²) >= 11 is 0. The van der Waals surface area contributed by atoms with Crippen molar-refractivity contribution in [2.24, 2.45) is 0 Å². The third-order valence-electron chi connectivity index (χ3n) is 5.81. The van der Waals surface area contributed by atoms with Crippen LogP contribution in [0.2, 0.25) is 0 Å². The zero-order valence-electron chi connectivity index (χ0n) is 17.0. The summed E-state index contributed by atoms with van der Waals surface area (Å²) in [5, 5.41) is 0. The van der Waals surface area contributed by atoms with Gasteiger partial charge in [0.05, 0.1) is 13.1 Å². The van der Waals surface area contributed by atoms with Gasteiger partial charge in [-0.05, 0) is 53.9 Å². The molecule has 2 saturated heterocycles. The van der Waals surface area contributed by atoms with Crippen LogP contribution in [0.15, 0.2) is 0 Å². The van der Waals surface area contributed by atoms with Crippen LogP contribution in [0.1, 0.15) is 25.7 Å². The summed E-state index contributed by atoms with van der Waals surface area (Å²) in [5.41, 5.74) is 0. The van der Waals surface area contributed by atoms with E-state index < -0.39 is 0 Å². The normalized spacial score (nSPS) is 20.5. The van der Waals surface area contributed by atoms with Gasteiger partial charge >= 0.3 is 0 Å². The predicted molar refractivity (Wildman–Crippen MR) is 104 cm³/mol. The van der Waals surface area contributed by atoms with Gasteiger partial charge in [0.25, 0.3) is 0 Å². The van der Waals surface area contributed by atoms with Crippen LogP contribution in [0, 0.1) is 7.05 Å². The van der Waals surface area contributed by atoms with Crippen LogP contribution in [-0.2, 0) is 9.59 Å². The third kappa shape index (κ3) is 5.93. The number of carbonyl (C=O) groups is 2. The number of amides is 2. The van der Waals surface area contributed by atoms with Crippen LogP contribution < -0.4 is 0 Å². The van der Waals surface area contributed by atoms with Crippen molar-refractivity contribution in [2.75, 3.05) is 67.5 Å². The molecule has 0 N–H and O–H groups in total. The summed E-state index contributed by atoms with van der Waals surface area (Å²) < 4.78 is 0. The number of carbonyl (C=O) groups excluding carboxylic acids is 2. The van der Waals surface area contributed by atoms with Crippen molar-refractivity contribution in [2.45, 2.75) is 37.8 Å². The van der Waals surface area contributed by atoms with Gasteiger partial charge in [-0.3, -0.25) is 16.6 Å². The molecule has 2 fully saturated rings. The standard InChI is InChI=1S/C19H36N5O2/c1-20(2)16-6-10-23(11-7-16)18(25)14-22(5)15-19(26)24-12-8-17(9-13-24)21(3)4/h16-17H,5-15H2,1-4H3/q-1. The fourth-order valence-electron chi connectivity index (χ4n) is 3.90. The summed E-state index contributed by atoms with van der Waals surface area (Å²) in [4.78, 5) is 34.8. The first-order chi connectivity index (χ1) is 12.3.